The first kappa shape index (κ1) is 16.9. The first-order chi connectivity index (χ1) is 11.1. The summed E-state index contributed by atoms with van der Waals surface area (Å²) in [5.74, 6) is -1.67. The average molecular weight is 326 g/mol. The van der Waals surface area contributed by atoms with E-state index < -0.39 is 17.8 Å². The molecule has 0 fully saturated rings. The van der Waals surface area contributed by atoms with Crippen LogP contribution >= 0.6 is 11.3 Å². The SMILES string of the molecule is C=C[C@H](C(=O)c1ccccc1)[C@@H](C(=C)C(=O)OC)c1cccs1. The zero-order valence-electron chi connectivity index (χ0n) is 12.9. The number of rotatable bonds is 7. The predicted molar refractivity (Wildman–Crippen MR) is 92.7 cm³/mol. The fourth-order valence-corrected chi connectivity index (χ4v) is 3.39. The Labute approximate surface area is 139 Å². The maximum atomic E-state index is 12.9. The molecular weight excluding hydrogens is 308 g/mol. The number of thiophene rings is 1. The van der Waals surface area contributed by atoms with Crippen LogP contribution in [0.2, 0.25) is 0 Å². The summed E-state index contributed by atoms with van der Waals surface area (Å²) in [4.78, 5) is 25.7. The number of Topliss-reactive ketones (excluding diaryl/α,β-unsaturated/α-hetero) is 1. The summed E-state index contributed by atoms with van der Waals surface area (Å²) < 4.78 is 4.79. The Morgan fingerprint density at radius 2 is 1.87 bits per heavy atom. The molecule has 2 rings (SSSR count). The fraction of sp³-hybridized carbons (Fsp3) is 0.158. The minimum Gasteiger partial charge on any atom is -0.466 e. The number of methoxy groups -OCH3 is 1. The van der Waals surface area contributed by atoms with Crippen molar-refractivity contribution in [2.75, 3.05) is 7.11 Å². The van der Waals surface area contributed by atoms with E-state index >= 15 is 0 Å². The van der Waals surface area contributed by atoms with E-state index in [1.807, 2.05) is 35.7 Å². The van der Waals surface area contributed by atoms with Crippen molar-refractivity contribution in [2.45, 2.75) is 5.92 Å². The topological polar surface area (TPSA) is 43.4 Å². The van der Waals surface area contributed by atoms with Gasteiger partial charge < -0.3 is 4.74 Å². The van der Waals surface area contributed by atoms with Crippen LogP contribution < -0.4 is 0 Å². The van der Waals surface area contributed by atoms with Gasteiger partial charge >= 0.3 is 5.97 Å². The monoisotopic (exact) mass is 326 g/mol. The Morgan fingerprint density at radius 3 is 2.39 bits per heavy atom. The number of ether oxygens (including phenoxy) is 1. The zero-order valence-corrected chi connectivity index (χ0v) is 13.7. The predicted octanol–water partition coefficient (Wildman–Crippen LogP) is 4.25. The van der Waals surface area contributed by atoms with Gasteiger partial charge in [-0.3, -0.25) is 4.79 Å². The summed E-state index contributed by atoms with van der Waals surface area (Å²) in [7, 11) is 1.31. The van der Waals surface area contributed by atoms with Crippen molar-refractivity contribution in [3.8, 4) is 0 Å². The Kier molecular flexibility index (Phi) is 5.66. The molecule has 2 aromatic rings. The van der Waals surface area contributed by atoms with Gasteiger partial charge in [0.15, 0.2) is 5.78 Å². The highest BCUT2D eigenvalue weighted by molar-refractivity contribution is 7.10. The third-order valence-electron chi connectivity index (χ3n) is 3.65. The Morgan fingerprint density at radius 1 is 1.17 bits per heavy atom. The van der Waals surface area contributed by atoms with Crippen LogP contribution in [0, 0.1) is 5.92 Å². The van der Waals surface area contributed by atoms with Crippen molar-refractivity contribution in [3.63, 3.8) is 0 Å². The number of carbonyl (C=O) groups is 2. The molecule has 0 aliphatic carbocycles. The second kappa shape index (κ2) is 7.70. The van der Waals surface area contributed by atoms with Crippen LogP contribution in [0.3, 0.4) is 0 Å². The molecule has 23 heavy (non-hydrogen) atoms. The van der Waals surface area contributed by atoms with E-state index in [1.54, 1.807) is 18.2 Å². The van der Waals surface area contributed by atoms with Gasteiger partial charge in [-0.2, -0.15) is 0 Å². The summed E-state index contributed by atoms with van der Waals surface area (Å²) in [5.41, 5.74) is 0.834. The van der Waals surface area contributed by atoms with Crippen molar-refractivity contribution in [1.82, 2.24) is 0 Å². The lowest BCUT2D eigenvalue weighted by Crippen LogP contribution is -2.25. The summed E-state index contributed by atoms with van der Waals surface area (Å²) in [6.07, 6.45) is 1.58. The van der Waals surface area contributed by atoms with Crippen LogP contribution in [-0.4, -0.2) is 18.9 Å². The zero-order chi connectivity index (χ0) is 16.8. The van der Waals surface area contributed by atoms with Gasteiger partial charge in [-0.1, -0.05) is 49.1 Å². The number of hydrogen-bond donors (Lipinski definition) is 0. The van der Waals surface area contributed by atoms with Gasteiger partial charge in [-0.25, -0.2) is 4.79 Å². The molecule has 1 heterocycles. The fourth-order valence-electron chi connectivity index (χ4n) is 2.48. The van der Waals surface area contributed by atoms with Gasteiger partial charge in [0.05, 0.1) is 13.0 Å². The van der Waals surface area contributed by atoms with Crippen molar-refractivity contribution in [1.29, 1.82) is 0 Å². The van der Waals surface area contributed by atoms with Gasteiger partial charge in [-0.15, -0.1) is 17.9 Å². The van der Waals surface area contributed by atoms with Crippen LogP contribution in [0.1, 0.15) is 21.2 Å². The quantitative estimate of drug-likeness (QED) is 0.331. The van der Waals surface area contributed by atoms with Gasteiger partial charge in [0.25, 0.3) is 0 Å². The highest BCUT2D eigenvalue weighted by Gasteiger charge is 2.33. The molecule has 0 N–H and O–H groups in total. The van der Waals surface area contributed by atoms with Crippen LogP contribution in [0.15, 0.2) is 72.7 Å². The Bertz CT molecular complexity index is 701. The molecule has 0 aliphatic rings. The molecule has 118 valence electrons. The van der Waals surface area contributed by atoms with Gasteiger partial charge in [0, 0.05) is 21.9 Å². The number of ketones is 1. The lowest BCUT2D eigenvalue weighted by molar-refractivity contribution is -0.136. The first-order valence-electron chi connectivity index (χ1n) is 7.12. The molecule has 0 spiro atoms. The smallest absolute Gasteiger partial charge is 0.333 e. The molecular formula is C19H18O3S. The number of esters is 1. The van der Waals surface area contributed by atoms with Gasteiger partial charge in [0.1, 0.15) is 0 Å². The Hall–Kier alpha value is -2.46. The average Bonchev–Trinajstić information content (AvgIpc) is 3.12. The lowest BCUT2D eigenvalue weighted by Gasteiger charge is -2.23. The van der Waals surface area contributed by atoms with E-state index in [9.17, 15) is 9.59 Å². The number of benzene rings is 1. The molecule has 0 aliphatic heterocycles. The van der Waals surface area contributed by atoms with Crippen LogP contribution in [0.4, 0.5) is 0 Å². The second-order valence-electron chi connectivity index (χ2n) is 5.00. The molecule has 0 amide bonds. The third-order valence-corrected chi connectivity index (χ3v) is 4.60. The highest BCUT2D eigenvalue weighted by Crippen LogP contribution is 2.37. The van der Waals surface area contributed by atoms with E-state index in [-0.39, 0.29) is 11.4 Å². The molecule has 0 saturated heterocycles. The minimum absolute atomic E-state index is 0.0935. The van der Waals surface area contributed by atoms with E-state index in [0.29, 0.717) is 5.56 Å². The van der Waals surface area contributed by atoms with E-state index in [1.165, 1.54) is 18.4 Å². The largest absolute Gasteiger partial charge is 0.466 e. The molecule has 4 heteroatoms. The molecule has 0 radical (unpaired) electrons. The normalized spacial score (nSPS) is 12.9. The maximum Gasteiger partial charge on any atom is 0.333 e. The molecule has 3 nitrogen and oxygen atoms in total. The number of carbonyl (C=O) groups excluding carboxylic acids is 2. The van der Waals surface area contributed by atoms with E-state index in [2.05, 4.69) is 13.2 Å². The maximum absolute atomic E-state index is 12.9. The molecule has 1 aromatic heterocycles. The summed E-state index contributed by atoms with van der Waals surface area (Å²) >= 11 is 1.47. The second-order valence-corrected chi connectivity index (χ2v) is 5.98. The summed E-state index contributed by atoms with van der Waals surface area (Å²) in [6, 6.07) is 12.7. The molecule has 1 aromatic carbocycles. The van der Waals surface area contributed by atoms with Gasteiger partial charge in [0.2, 0.25) is 0 Å². The van der Waals surface area contributed by atoms with Crippen LogP contribution in [-0.2, 0) is 9.53 Å². The summed E-state index contributed by atoms with van der Waals surface area (Å²) in [6.45, 7) is 7.66. The molecule has 0 saturated carbocycles. The minimum atomic E-state index is -0.581. The molecule has 0 unspecified atom stereocenters. The lowest BCUT2D eigenvalue weighted by atomic mass is 9.80. The van der Waals surface area contributed by atoms with Crippen molar-refractivity contribution < 1.29 is 14.3 Å². The number of allylic oxidation sites excluding steroid dienone is 1. The van der Waals surface area contributed by atoms with E-state index in [0.717, 1.165) is 4.88 Å². The van der Waals surface area contributed by atoms with Crippen LogP contribution in [0.5, 0.6) is 0 Å². The summed E-state index contributed by atoms with van der Waals surface area (Å²) in [5, 5.41) is 1.90. The first-order valence-corrected chi connectivity index (χ1v) is 8.00. The van der Waals surface area contributed by atoms with Crippen molar-refractivity contribution in [3.05, 3.63) is 83.1 Å². The third kappa shape index (κ3) is 3.66. The van der Waals surface area contributed by atoms with Gasteiger partial charge in [-0.05, 0) is 11.4 Å². The molecule has 0 bridgehead atoms. The van der Waals surface area contributed by atoms with E-state index in [4.69, 9.17) is 4.74 Å². The van der Waals surface area contributed by atoms with Crippen LogP contribution in [0.25, 0.3) is 0 Å². The van der Waals surface area contributed by atoms with Crippen molar-refractivity contribution >= 4 is 23.1 Å². The number of hydrogen-bond acceptors (Lipinski definition) is 4. The highest BCUT2D eigenvalue weighted by atomic mass is 32.1. The van der Waals surface area contributed by atoms with Crippen molar-refractivity contribution in [2.24, 2.45) is 5.92 Å². The Balaban J connectivity index is 2.44. The molecule has 2 atom stereocenters. The standard InChI is InChI=1S/C19H18O3S/c1-4-15(18(20)14-9-6-5-7-10-14)17(13(2)19(21)22-3)16-11-8-12-23-16/h4-12,15,17H,1-2H2,3H3/t15-,17+/m0/s1.